The van der Waals surface area contributed by atoms with Gasteiger partial charge in [-0.15, -0.1) is 11.8 Å². The van der Waals surface area contributed by atoms with Gasteiger partial charge in [0.25, 0.3) is 0 Å². The molecule has 0 bridgehead atoms. The molecule has 13 heavy (non-hydrogen) atoms. The van der Waals surface area contributed by atoms with E-state index in [2.05, 4.69) is 0 Å². The minimum atomic E-state index is 0.209. The maximum absolute atomic E-state index is 11.6. The van der Waals surface area contributed by atoms with E-state index in [9.17, 15) is 4.79 Å². The molecule has 0 aromatic carbocycles. The fraction of sp³-hybridized carbons (Fsp3) is 0.700. The minimum absolute atomic E-state index is 0.209. The van der Waals surface area contributed by atoms with Gasteiger partial charge in [-0.1, -0.05) is 0 Å². The van der Waals surface area contributed by atoms with Crippen LogP contribution < -0.4 is 0 Å². The third-order valence-corrected chi connectivity index (χ3v) is 3.68. The van der Waals surface area contributed by atoms with Crippen molar-refractivity contribution in [1.82, 2.24) is 4.90 Å². The number of amides is 1. The highest BCUT2D eigenvalue weighted by Gasteiger charge is 2.50. The van der Waals surface area contributed by atoms with Crippen LogP contribution in [0.15, 0.2) is 11.5 Å². The van der Waals surface area contributed by atoms with Crippen molar-refractivity contribution in [3.8, 4) is 0 Å². The molecule has 1 aliphatic heterocycles. The molecular weight excluding hydrogens is 182 g/mol. The number of likely N-dealkylation sites (tertiary alicyclic amines) is 1. The number of thioether (sulfide) groups is 1. The van der Waals surface area contributed by atoms with Gasteiger partial charge in [-0.05, 0) is 37.3 Å². The maximum Gasteiger partial charge on any atom is 0.247 e. The quantitative estimate of drug-likeness (QED) is 0.631. The Labute approximate surface area is 83.4 Å². The summed E-state index contributed by atoms with van der Waals surface area (Å²) in [6.07, 6.45) is 8.66. The lowest BCUT2D eigenvalue weighted by atomic mass is 9.68. The Balaban J connectivity index is 1.94. The molecule has 1 amide bonds. The highest BCUT2D eigenvalue weighted by molar-refractivity contribution is 8.01. The Morgan fingerprint density at radius 1 is 1.46 bits per heavy atom. The van der Waals surface area contributed by atoms with Crippen molar-refractivity contribution in [2.45, 2.75) is 31.2 Å². The zero-order valence-corrected chi connectivity index (χ0v) is 8.77. The van der Waals surface area contributed by atoms with Crippen molar-refractivity contribution in [1.29, 1.82) is 0 Å². The predicted molar refractivity (Wildman–Crippen MR) is 55.6 cm³/mol. The van der Waals surface area contributed by atoms with Gasteiger partial charge in [-0.3, -0.25) is 4.79 Å². The third kappa shape index (κ3) is 1.39. The smallest absolute Gasteiger partial charge is 0.247 e. The molecule has 2 rings (SSSR count). The van der Waals surface area contributed by atoms with E-state index in [-0.39, 0.29) is 5.91 Å². The van der Waals surface area contributed by atoms with Gasteiger partial charge in [0.05, 0.1) is 0 Å². The Morgan fingerprint density at radius 3 is 2.62 bits per heavy atom. The first-order chi connectivity index (χ1) is 6.28. The highest BCUT2D eigenvalue weighted by atomic mass is 32.2. The van der Waals surface area contributed by atoms with Crippen LogP contribution in [0, 0.1) is 0 Å². The summed E-state index contributed by atoms with van der Waals surface area (Å²) < 4.78 is 0. The molecule has 1 saturated carbocycles. The molecule has 72 valence electrons. The Hall–Kier alpha value is -0.440. The molecule has 1 saturated heterocycles. The van der Waals surface area contributed by atoms with Gasteiger partial charge in [-0.2, -0.15) is 0 Å². The van der Waals surface area contributed by atoms with E-state index in [1.54, 1.807) is 17.8 Å². The van der Waals surface area contributed by atoms with Crippen LogP contribution in [-0.4, -0.2) is 29.1 Å². The number of nitrogens with zero attached hydrogens (tertiary/aromatic N) is 1. The molecule has 2 nitrogen and oxygen atoms in total. The van der Waals surface area contributed by atoms with E-state index in [0.717, 1.165) is 6.54 Å². The first-order valence-electron chi connectivity index (χ1n) is 4.79. The molecule has 1 heterocycles. The van der Waals surface area contributed by atoms with E-state index in [1.807, 2.05) is 16.6 Å². The molecule has 2 fully saturated rings. The summed E-state index contributed by atoms with van der Waals surface area (Å²) in [5.41, 5.74) is 0.305. The van der Waals surface area contributed by atoms with Crippen molar-refractivity contribution in [3.05, 3.63) is 11.5 Å². The molecule has 0 aromatic heterocycles. The number of carbonyl (C=O) groups excluding carboxylic acids is 1. The molecule has 1 spiro atoms. The number of hydrogen-bond acceptors (Lipinski definition) is 2. The normalized spacial score (nSPS) is 24.5. The van der Waals surface area contributed by atoms with Gasteiger partial charge >= 0.3 is 0 Å². The number of hydrogen-bond donors (Lipinski definition) is 0. The number of carbonyl (C=O) groups is 1. The first-order valence-corrected chi connectivity index (χ1v) is 6.08. The van der Waals surface area contributed by atoms with Gasteiger partial charge in [0, 0.05) is 18.2 Å². The second-order valence-corrected chi connectivity index (χ2v) is 4.60. The SMILES string of the molecule is CS/C=C/C(=O)N1CCC12CCC2. The zero-order chi connectivity index (χ0) is 9.31. The van der Waals surface area contributed by atoms with Crippen molar-refractivity contribution < 1.29 is 4.79 Å². The highest BCUT2D eigenvalue weighted by Crippen LogP contribution is 2.47. The van der Waals surface area contributed by atoms with Crippen LogP contribution in [0.5, 0.6) is 0 Å². The van der Waals surface area contributed by atoms with Crippen LogP contribution >= 0.6 is 11.8 Å². The van der Waals surface area contributed by atoms with E-state index in [1.165, 1.54) is 25.7 Å². The van der Waals surface area contributed by atoms with Crippen molar-refractivity contribution in [3.63, 3.8) is 0 Å². The average molecular weight is 197 g/mol. The standard InChI is InChI=1S/C10H15NOS/c1-13-8-3-9(12)11-7-6-10(11)4-2-5-10/h3,8H,2,4-7H2,1H3/b8-3+. The topological polar surface area (TPSA) is 20.3 Å². The minimum Gasteiger partial charge on any atom is -0.333 e. The summed E-state index contributed by atoms with van der Waals surface area (Å²) in [5.74, 6) is 0.209. The largest absolute Gasteiger partial charge is 0.333 e. The van der Waals surface area contributed by atoms with Crippen LogP contribution in [-0.2, 0) is 4.79 Å². The lowest BCUT2D eigenvalue weighted by Crippen LogP contribution is -2.65. The third-order valence-electron chi connectivity index (χ3n) is 3.27. The van der Waals surface area contributed by atoms with Crippen LogP contribution in [0.1, 0.15) is 25.7 Å². The first kappa shape index (κ1) is 9.13. The van der Waals surface area contributed by atoms with E-state index >= 15 is 0 Å². The van der Waals surface area contributed by atoms with Crippen molar-refractivity contribution in [2.24, 2.45) is 0 Å². The van der Waals surface area contributed by atoms with Gasteiger partial charge in [-0.25, -0.2) is 0 Å². The van der Waals surface area contributed by atoms with Crippen LogP contribution in [0.3, 0.4) is 0 Å². The molecule has 0 unspecified atom stereocenters. The fourth-order valence-corrected chi connectivity index (χ4v) is 2.46. The summed E-state index contributed by atoms with van der Waals surface area (Å²) in [6, 6.07) is 0. The Bertz CT molecular complexity index is 240. The predicted octanol–water partition coefficient (Wildman–Crippen LogP) is 2.02. The van der Waals surface area contributed by atoms with Crippen molar-refractivity contribution in [2.75, 3.05) is 12.8 Å². The molecular formula is C10H15NOS. The van der Waals surface area contributed by atoms with Crippen molar-refractivity contribution >= 4 is 17.7 Å². The Morgan fingerprint density at radius 2 is 2.23 bits per heavy atom. The number of rotatable bonds is 2. The van der Waals surface area contributed by atoms with E-state index in [4.69, 9.17) is 0 Å². The summed E-state index contributed by atoms with van der Waals surface area (Å²) in [7, 11) is 0. The van der Waals surface area contributed by atoms with Crippen LogP contribution in [0.25, 0.3) is 0 Å². The van der Waals surface area contributed by atoms with Crippen LogP contribution in [0.2, 0.25) is 0 Å². The summed E-state index contributed by atoms with van der Waals surface area (Å²) >= 11 is 1.58. The second kappa shape index (κ2) is 3.37. The van der Waals surface area contributed by atoms with Crippen LogP contribution in [0.4, 0.5) is 0 Å². The lowest BCUT2D eigenvalue weighted by molar-refractivity contribution is -0.149. The summed E-state index contributed by atoms with van der Waals surface area (Å²) in [4.78, 5) is 13.7. The van der Waals surface area contributed by atoms with E-state index < -0.39 is 0 Å². The van der Waals surface area contributed by atoms with Gasteiger partial charge < -0.3 is 4.90 Å². The molecule has 0 aromatic rings. The van der Waals surface area contributed by atoms with Gasteiger partial charge in [0.1, 0.15) is 0 Å². The van der Waals surface area contributed by atoms with Gasteiger partial charge in [0.15, 0.2) is 0 Å². The van der Waals surface area contributed by atoms with Gasteiger partial charge in [0.2, 0.25) is 5.91 Å². The lowest BCUT2D eigenvalue weighted by Gasteiger charge is -2.58. The molecule has 0 radical (unpaired) electrons. The monoisotopic (exact) mass is 197 g/mol. The molecule has 1 aliphatic carbocycles. The Kier molecular flexibility index (Phi) is 2.37. The average Bonchev–Trinajstić information content (AvgIpc) is 1.96. The molecule has 3 heteroatoms. The zero-order valence-electron chi connectivity index (χ0n) is 7.95. The maximum atomic E-state index is 11.6. The summed E-state index contributed by atoms with van der Waals surface area (Å²) in [6.45, 7) is 0.970. The molecule has 2 aliphatic rings. The second-order valence-electron chi connectivity index (χ2n) is 3.86. The fourth-order valence-electron chi connectivity index (χ4n) is 2.20. The summed E-state index contributed by atoms with van der Waals surface area (Å²) in [5, 5.41) is 1.87. The van der Waals surface area contributed by atoms with E-state index in [0.29, 0.717) is 5.54 Å². The molecule has 0 N–H and O–H groups in total. The molecule has 0 atom stereocenters.